The fraction of sp³-hybridized carbons (Fsp3) is 0.217. The number of aromatic nitrogens is 3. The molecule has 0 unspecified atom stereocenters. The molecule has 0 aliphatic carbocycles. The molecule has 3 heterocycles. The molecule has 1 amide bonds. The van der Waals surface area contributed by atoms with Crippen molar-refractivity contribution in [3.05, 3.63) is 71.0 Å². The topological polar surface area (TPSA) is 114 Å². The van der Waals surface area contributed by atoms with Gasteiger partial charge in [-0.1, -0.05) is 41.7 Å². The highest BCUT2D eigenvalue weighted by atomic mass is 32.2. The van der Waals surface area contributed by atoms with E-state index in [1.807, 2.05) is 30.3 Å². The zero-order valence-corrected chi connectivity index (χ0v) is 19.7. The number of anilines is 1. The van der Waals surface area contributed by atoms with Crippen LogP contribution in [-0.4, -0.2) is 46.5 Å². The fourth-order valence-corrected chi connectivity index (χ4v) is 6.36. The number of nitrogens with one attached hydrogen (secondary N) is 1. The molecule has 1 fully saturated rings. The Morgan fingerprint density at radius 1 is 1.03 bits per heavy atom. The van der Waals surface area contributed by atoms with Gasteiger partial charge in [0, 0.05) is 24.7 Å². The summed E-state index contributed by atoms with van der Waals surface area (Å²) >= 11 is 1.18. The van der Waals surface area contributed by atoms with Crippen molar-refractivity contribution in [1.82, 2.24) is 19.1 Å². The minimum atomic E-state index is -3.54. The Hall–Kier alpha value is -3.41. The van der Waals surface area contributed by atoms with Crippen LogP contribution in [0.25, 0.3) is 21.5 Å². The molecule has 2 aromatic carbocycles. The summed E-state index contributed by atoms with van der Waals surface area (Å²) in [5.74, 6) is -0.455. The average molecular weight is 496 g/mol. The lowest BCUT2D eigenvalue weighted by Gasteiger charge is -2.15. The number of carbonyl (C=O) groups is 1. The van der Waals surface area contributed by atoms with E-state index < -0.39 is 21.5 Å². The van der Waals surface area contributed by atoms with E-state index in [2.05, 4.69) is 15.4 Å². The molecule has 174 valence electrons. The summed E-state index contributed by atoms with van der Waals surface area (Å²) in [5.41, 5.74) is 1.61. The standard InChI is InChI=1S/C23H21N5O4S2/c29-21(15-28-22(30)11-10-18(26-28)16-6-2-1-3-7-16)25-23-24-19-9-8-17(14-20(19)33-23)34(31,32)27-12-4-5-13-27/h1-3,6-11,14H,4-5,12-13,15H2,(H,24,25,29). The van der Waals surface area contributed by atoms with Crippen molar-refractivity contribution in [2.45, 2.75) is 24.3 Å². The van der Waals surface area contributed by atoms with E-state index in [-0.39, 0.29) is 11.4 Å². The Kier molecular flexibility index (Phi) is 5.98. The van der Waals surface area contributed by atoms with E-state index in [9.17, 15) is 18.0 Å². The molecule has 1 aliphatic heterocycles. The van der Waals surface area contributed by atoms with Crippen LogP contribution in [0.15, 0.2) is 70.4 Å². The Morgan fingerprint density at radius 3 is 2.56 bits per heavy atom. The number of rotatable bonds is 6. The molecule has 0 saturated carbocycles. The van der Waals surface area contributed by atoms with Gasteiger partial charge in [-0.2, -0.15) is 9.40 Å². The lowest BCUT2D eigenvalue weighted by atomic mass is 10.1. The first-order valence-corrected chi connectivity index (χ1v) is 13.0. The zero-order valence-electron chi connectivity index (χ0n) is 18.0. The van der Waals surface area contributed by atoms with Crippen LogP contribution in [0.1, 0.15) is 12.8 Å². The van der Waals surface area contributed by atoms with Crippen LogP contribution >= 0.6 is 11.3 Å². The van der Waals surface area contributed by atoms with E-state index >= 15 is 0 Å². The third-order valence-electron chi connectivity index (χ3n) is 5.54. The summed E-state index contributed by atoms with van der Waals surface area (Å²) in [6.45, 7) is 0.788. The first-order valence-electron chi connectivity index (χ1n) is 10.7. The van der Waals surface area contributed by atoms with Crippen LogP contribution in [0, 0.1) is 0 Å². The summed E-state index contributed by atoms with van der Waals surface area (Å²) in [6, 6.07) is 17.1. The molecule has 1 N–H and O–H groups in total. The maximum absolute atomic E-state index is 12.8. The molecule has 1 saturated heterocycles. The van der Waals surface area contributed by atoms with Gasteiger partial charge in [-0.25, -0.2) is 18.1 Å². The predicted octanol–water partition coefficient (Wildman–Crippen LogP) is 2.94. The maximum atomic E-state index is 12.8. The molecule has 34 heavy (non-hydrogen) atoms. The highest BCUT2D eigenvalue weighted by Crippen LogP contribution is 2.30. The molecule has 2 aromatic heterocycles. The first kappa shape index (κ1) is 22.4. The van der Waals surface area contributed by atoms with Crippen LogP contribution in [-0.2, 0) is 21.4 Å². The highest BCUT2D eigenvalue weighted by Gasteiger charge is 2.27. The molecular formula is C23H21N5O4S2. The molecule has 0 spiro atoms. The molecule has 0 radical (unpaired) electrons. The highest BCUT2D eigenvalue weighted by molar-refractivity contribution is 7.89. The quantitative estimate of drug-likeness (QED) is 0.440. The summed E-state index contributed by atoms with van der Waals surface area (Å²) in [7, 11) is -3.54. The minimum absolute atomic E-state index is 0.219. The van der Waals surface area contributed by atoms with Gasteiger partial charge in [-0.15, -0.1) is 0 Å². The van der Waals surface area contributed by atoms with Gasteiger partial charge in [-0.05, 0) is 37.1 Å². The number of carbonyl (C=O) groups excluding carboxylic acids is 1. The molecule has 11 heteroatoms. The third-order valence-corrected chi connectivity index (χ3v) is 8.37. The van der Waals surface area contributed by atoms with Crippen LogP contribution < -0.4 is 10.9 Å². The number of amides is 1. The maximum Gasteiger partial charge on any atom is 0.267 e. The van der Waals surface area contributed by atoms with Gasteiger partial charge in [0.05, 0.1) is 20.8 Å². The van der Waals surface area contributed by atoms with Crippen molar-refractivity contribution >= 4 is 42.6 Å². The number of hydrogen-bond donors (Lipinski definition) is 1. The molecular weight excluding hydrogens is 474 g/mol. The average Bonchev–Trinajstić information content (AvgIpc) is 3.51. The number of thiazole rings is 1. The van der Waals surface area contributed by atoms with Crippen molar-refractivity contribution in [2.24, 2.45) is 0 Å². The normalized spacial score (nSPS) is 14.5. The Labute approximate surface area is 199 Å². The van der Waals surface area contributed by atoms with Gasteiger partial charge in [0.1, 0.15) is 6.54 Å². The SMILES string of the molecule is O=C(Cn1nc(-c2ccccc2)ccc1=O)Nc1nc2ccc(S(=O)(=O)N3CCCC3)cc2s1. The largest absolute Gasteiger partial charge is 0.300 e. The van der Waals surface area contributed by atoms with Gasteiger partial charge in [0.15, 0.2) is 5.13 Å². The first-order chi connectivity index (χ1) is 16.4. The number of fused-ring (bicyclic) bond motifs is 1. The molecule has 0 atom stereocenters. The second kappa shape index (κ2) is 9.09. The van der Waals surface area contributed by atoms with Crippen LogP contribution in [0.4, 0.5) is 5.13 Å². The van der Waals surface area contributed by atoms with Gasteiger partial charge in [0.25, 0.3) is 5.56 Å². The van der Waals surface area contributed by atoms with Gasteiger partial charge in [-0.3, -0.25) is 9.59 Å². The van der Waals surface area contributed by atoms with E-state index in [0.29, 0.717) is 34.1 Å². The van der Waals surface area contributed by atoms with E-state index in [4.69, 9.17) is 0 Å². The summed E-state index contributed by atoms with van der Waals surface area (Å²) in [4.78, 5) is 29.4. The van der Waals surface area contributed by atoms with Crippen LogP contribution in [0.2, 0.25) is 0 Å². The second-order valence-corrected chi connectivity index (χ2v) is 10.9. The minimum Gasteiger partial charge on any atom is -0.300 e. The predicted molar refractivity (Wildman–Crippen MR) is 130 cm³/mol. The molecule has 0 bridgehead atoms. The monoisotopic (exact) mass is 495 g/mol. The lowest BCUT2D eigenvalue weighted by Crippen LogP contribution is -2.29. The number of sulfonamides is 1. The lowest BCUT2D eigenvalue weighted by molar-refractivity contribution is -0.117. The van der Waals surface area contributed by atoms with E-state index in [1.54, 1.807) is 24.3 Å². The van der Waals surface area contributed by atoms with Gasteiger partial charge < -0.3 is 5.32 Å². The van der Waals surface area contributed by atoms with Gasteiger partial charge >= 0.3 is 0 Å². The Balaban J connectivity index is 1.34. The summed E-state index contributed by atoms with van der Waals surface area (Å²) in [5, 5.41) is 7.31. The molecule has 9 nitrogen and oxygen atoms in total. The summed E-state index contributed by atoms with van der Waals surface area (Å²) < 4.78 is 28.9. The summed E-state index contributed by atoms with van der Waals surface area (Å²) in [6.07, 6.45) is 1.73. The van der Waals surface area contributed by atoms with Crippen LogP contribution in [0.3, 0.4) is 0 Å². The van der Waals surface area contributed by atoms with Crippen LogP contribution in [0.5, 0.6) is 0 Å². The van der Waals surface area contributed by atoms with Crippen molar-refractivity contribution in [2.75, 3.05) is 18.4 Å². The fourth-order valence-electron chi connectivity index (χ4n) is 3.82. The van der Waals surface area contributed by atoms with Crippen molar-refractivity contribution in [3.63, 3.8) is 0 Å². The van der Waals surface area contributed by atoms with Crippen molar-refractivity contribution in [1.29, 1.82) is 0 Å². The number of nitrogens with zero attached hydrogens (tertiary/aromatic N) is 4. The van der Waals surface area contributed by atoms with Gasteiger partial charge in [0.2, 0.25) is 15.9 Å². The Bertz CT molecular complexity index is 1520. The molecule has 5 rings (SSSR count). The number of hydrogen-bond acceptors (Lipinski definition) is 7. The van der Waals surface area contributed by atoms with Crippen molar-refractivity contribution in [3.8, 4) is 11.3 Å². The van der Waals surface area contributed by atoms with E-state index in [0.717, 1.165) is 23.1 Å². The zero-order chi connectivity index (χ0) is 23.7. The molecule has 4 aromatic rings. The smallest absolute Gasteiger partial charge is 0.267 e. The van der Waals surface area contributed by atoms with Crippen molar-refractivity contribution < 1.29 is 13.2 Å². The second-order valence-electron chi connectivity index (χ2n) is 7.89. The van der Waals surface area contributed by atoms with E-state index in [1.165, 1.54) is 21.7 Å². The molecule has 1 aliphatic rings. The number of benzene rings is 2. The third kappa shape index (κ3) is 4.49. The Morgan fingerprint density at radius 2 is 1.79 bits per heavy atom.